The summed E-state index contributed by atoms with van der Waals surface area (Å²) in [5, 5.41) is 5.62. The third kappa shape index (κ3) is 7.49. The number of rotatable bonds is 11. The molecular formula is C15H25N3O3S. The predicted octanol–water partition coefficient (Wildman–Crippen LogP) is 1.52. The lowest BCUT2D eigenvalue weighted by Crippen LogP contribution is -2.37. The maximum Gasteiger partial charge on any atom is 0.314 e. The van der Waals surface area contributed by atoms with E-state index in [4.69, 9.17) is 0 Å². The topological polar surface area (TPSA) is 78.5 Å². The molecule has 1 aliphatic heterocycles. The van der Waals surface area contributed by atoms with Gasteiger partial charge in [0.05, 0.1) is 0 Å². The Hall–Kier alpha value is -1.50. The van der Waals surface area contributed by atoms with E-state index in [1.54, 1.807) is 11.8 Å². The fraction of sp³-hybridized carbons (Fsp3) is 0.667. The Kier molecular flexibility index (Phi) is 9.37. The second kappa shape index (κ2) is 11.1. The molecule has 6 nitrogen and oxygen atoms in total. The quantitative estimate of drug-likeness (QED) is 0.445. The summed E-state index contributed by atoms with van der Waals surface area (Å²) < 4.78 is 0. The zero-order valence-corrected chi connectivity index (χ0v) is 13.9. The molecule has 7 heteroatoms. The number of hydrogen-bond acceptors (Lipinski definition) is 4. The van der Waals surface area contributed by atoms with Crippen molar-refractivity contribution in [2.45, 2.75) is 32.6 Å². The van der Waals surface area contributed by atoms with Gasteiger partial charge in [-0.2, -0.15) is 11.8 Å². The van der Waals surface area contributed by atoms with Crippen molar-refractivity contribution in [1.29, 1.82) is 0 Å². The molecule has 0 bridgehead atoms. The van der Waals surface area contributed by atoms with Gasteiger partial charge in [-0.3, -0.25) is 14.5 Å². The number of unbranched alkanes of at least 4 members (excludes halogenated alkanes) is 3. The first kappa shape index (κ1) is 18.5. The van der Waals surface area contributed by atoms with Crippen LogP contribution in [-0.2, 0) is 9.59 Å². The van der Waals surface area contributed by atoms with Crippen LogP contribution in [0.1, 0.15) is 32.6 Å². The van der Waals surface area contributed by atoms with Gasteiger partial charge in [0, 0.05) is 37.5 Å². The number of urea groups is 1. The highest BCUT2D eigenvalue weighted by molar-refractivity contribution is 7.99. The average molecular weight is 327 g/mol. The van der Waals surface area contributed by atoms with Gasteiger partial charge in [-0.05, 0) is 18.6 Å². The van der Waals surface area contributed by atoms with Gasteiger partial charge in [-0.15, -0.1) is 0 Å². The molecule has 0 aliphatic carbocycles. The zero-order chi connectivity index (χ0) is 16.2. The molecule has 1 heterocycles. The number of carbonyl (C=O) groups excluding carboxylic acids is 3. The molecule has 0 saturated heterocycles. The SMILES string of the molecule is CCSCCNC(=O)NCCCCCCN1C(=O)C=CC1=O. The van der Waals surface area contributed by atoms with Gasteiger partial charge in [-0.25, -0.2) is 4.79 Å². The molecule has 1 rings (SSSR count). The number of amides is 4. The first-order valence-electron chi connectivity index (χ1n) is 7.78. The van der Waals surface area contributed by atoms with Gasteiger partial charge in [0.15, 0.2) is 0 Å². The Bertz CT molecular complexity index is 395. The lowest BCUT2D eigenvalue weighted by atomic mass is 10.2. The van der Waals surface area contributed by atoms with Crippen LogP contribution in [0, 0.1) is 0 Å². The van der Waals surface area contributed by atoms with Gasteiger partial charge in [-0.1, -0.05) is 19.8 Å². The molecule has 1 aliphatic rings. The molecule has 0 spiro atoms. The summed E-state index contributed by atoms with van der Waals surface area (Å²) in [5.41, 5.74) is 0. The molecule has 22 heavy (non-hydrogen) atoms. The summed E-state index contributed by atoms with van der Waals surface area (Å²) in [6.45, 7) is 3.91. The Labute approximate surface area is 136 Å². The van der Waals surface area contributed by atoms with Gasteiger partial charge < -0.3 is 10.6 Å². The lowest BCUT2D eigenvalue weighted by Gasteiger charge is -2.13. The van der Waals surface area contributed by atoms with Crippen molar-refractivity contribution < 1.29 is 14.4 Å². The first-order valence-corrected chi connectivity index (χ1v) is 8.93. The van der Waals surface area contributed by atoms with Crippen LogP contribution >= 0.6 is 11.8 Å². The van der Waals surface area contributed by atoms with Crippen molar-refractivity contribution in [2.75, 3.05) is 31.1 Å². The van der Waals surface area contributed by atoms with Crippen molar-refractivity contribution in [2.24, 2.45) is 0 Å². The highest BCUT2D eigenvalue weighted by atomic mass is 32.2. The maximum atomic E-state index is 11.4. The Balaban J connectivity index is 1.90. The number of nitrogens with zero attached hydrogens (tertiary/aromatic N) is 1. The molecule has 0 atom stereocenters. The number of hydrogen-bond donors (Lipinski definition) is 2. The monoisotopic (exact) mass is 327 g/mol. The second-order valence-electron chi connectivity index (χ2n) is 4.96. The van der Waals surface area contributed by atoms with E-state index in [1.165, 1.54) is 17.1 Å². The van der Waals surface area contributed by atoms with Crippen molar-refractivity contribution >= 4 is 29.6 Å². The highest BCUT2D eigenvalue weighted by Crippen LogP contribution is 2.07. The number of carbonyl (C=O) groups is 3. The minimum absolute atomic E-state index is 0.115. The second-order valence-corrected chi connectivity index (χ2v) is 6.35. The molecule has 0 aromatic rings. The van der Waals surface area contributed by atoms with E-state index in [9.17, 15) is 14.4 Å². The van der Waals surface area contributed by atoms with Gasteiger partial charge >= 0.3 is 6.03 Å². The third-order valence-corrected chi connectivity index (χ3v) is 4.13. The van der Waals surface area contributed by atoms with Crippen molar-refractivity contribution in [3.8, 4) is 0 Å². The van der Waals surface area contributed by atoms with Crippen LogP contribution in [0.25, 0.3) is 0 Å². The molecule has 124 valence electrons. The minimum Gasteiger partial charge on any atom is -0.338 e. The standard InChI is InChI=1S/C15H25N3O3S/c1-2-22-12-10-17-15(21)16-9-5-3-4-6-11-18-13(19)7-8-14(18)20/h7-8H,2-6,9-12H2,1H3,(H2,16,17,21). The fourth-order valence-electron chi connectivity index (χ4n) is 2.05. The molecular weight excluding hydrogens is 302 g/mol. The van der Waals surface area contributed by atoms with Crippen LogP contribution in [0.5, 0.6) is 0 Å². The summed E-state index contributed by atoms with van der Waals surface area (Å²) in [7, 11) is 0. The largest absolute Gasteiger partial charge is 0.338 e. The average Bonchev–Trinajstić information content (AvgIpc) is 2.82. The van der Waals surface area contributed by atoms with Gasteiger partial charge in [0.1, 0.15) is 0 Å². The van der Waals surface area contributed by atoms with Crippen LogP contribution in [-0.4, -0.2) is 53.9 Å². The molecule has 0 saturated carbocycles. The smallest absolute Gasteiger partial charge is 0.314 e. The van der Waals surface area contributed by atoms with E-state index in [0.717, 1.165) is 37.2 Å². The van der Waals surface area contributed by atoms with Crippen LogP contribution in [0.4, 0.5) is 4.79 Å². The number of nitrogens with one attached hydrogen (secondary N) is 2. The normalized spacial score (nSPS) is 13.8. The molecule has 2 N–H and O–H groups in total. The van der Waals surface area contributed by atoms with Crippen LogP contribution in [0.3, 0.4) is 0 Å². The van der Waals surface area contributed by atoms with Crippen molar-refractivity contribution in [3.05, 3.63) is 12.2 Å². The van der Waals surface area contributed by atoms with E-state index in [1.807, 2.05) is 0 Å². The molecule has 0 aromatic heterocycles. The summed E-state index contributed by atoms with van der Waals surface area (Å²) in [4.78, 5) is 35.3. The summed E-state index contributed by atoms with van der Waals surface area (Å²) in [5.74, 6) is 1.56. The van der Waals surface area contributed by atoms with Crippen molar-refractivity contribution in [3.63, 3.8) is 0 Å². The summed E-state index contributed by atoms with van der Waals surface area (Å²) in [6.07, 6.45) is 6.23. The highest BCUT2D eigenvalue weighted by Gasteiger charge is 2.21. The van der Waals surface area contributed by atoms with Crippen LogP contribution < -0.4 is 10.6 Å². The predicted molar refractivity (Wildman–Crippen MR) is 88.7 cm³/mol. The maximum absolute atomic E-state index is 11.4. The van der Waals surface area contributed by atoms with E-state index < -0.39 is 0 Å². The van der Waals surface area contributed by atoms with Crippen LogP contribution in [0.15, 0.2) is 12.2 Å². The van der Waals surface area contributed by atoms with Gasteiger partial charge in [0.25, 0.3) is 11.8 Å². The lowest BCUT2D eigenvalue weighted by molar-refractivity contribution is -0.136. The molecule has 0 fully saturated rings. The minimum atomic E-state index is -0.218. The number of thioether (sulfide) groups is 1. The molecule has 0 unspecified atom stereocenters. The molecule has 0 aromatic carbocycles. The Morgan fingerprint density at radius 3 is 2.36 bits per heavy atom. The Morgan fingerprint density at radius 2 is 1.68 bits per heavy atom. The fourth-order valence-corrected chi connectivity index (χ4v) is 2.58. The van der Waals surface area contributed by atoms with E-state index in [2.05, 4.69) is 17.6 Å². The van der Waals surface area contributed by atoms with Gasteiger partial charge in [0.2, 0.25) is 0 Å². The van der Waals surface area contributed by atoms with E-state index in [-0.39, 0.29) is 17.8 Å². The third-order valence-electron chi connectivity index (χ3n) is 3.23. The van der Waals surface area contributed by atoms with Crippen LogP contribution in [0.2, 0.25) is 0 Å². The zero-order valence-electron chi connectivity index (χ0n) is 13.1. The Morgan fingerprint density at radius 1 is 1.05 bits per heavy atom. The summed E-state index contributed by atoms with van der Waals surface area (Å²) >= 11 is 1.80. The van der Waals surface area contributed by atoms with Crippen molar-refractivity contribution in [1.82, 2.24) is 15.5 Å². The van der Waals surface area contributed by atoms with E-state index in [0.29, 0.717) is 19.6 Å². The molecule has 4 amide bonds. The molecule has 0 radical (unpaired) electrons. The summed E-state index contributed by atoms with van der Waals surface area (Å²) in [6, 6.07) is -0.115. The van der Waals surface area contributed by atoms with E-state index >= 15 is 0 Å². The number of imide groups is 1. The first-order chi connectivity index (χ1) is 10.6.